The van der Waals surface area contributed by atoms with Crippen molar-refractivity contribution in [2.24, 2.45) is 0 Å². The zero-order valence-corrected chi connectivity index (χ0v) is 11.2. The molecule has 7 nitrogen and oxygen atoms in total. The molecule has 22 heavy (non-hydrogen) atoms. The minimum atomic E-state index is -0.469. The van der Waals surface area contributed by atoms with Crippen molar-refractivity contribution in [1.82, 2.24) is 15.0 Å². The van der Waals surface area contributed by atoms with Crippen LogP contribution in [0.4, 0.5) is 5.69 Å². The normalized spacial score (nSPS) is 11.3. The molecule has 0 spiro atoms. The van der Waals surface area contributed by atoms with E-state index in [0.29, 0.717) is 11.1 Å². The van der Waals surface area contributed by atoms with Crippen LogP contribution < -0.4 is 0 Å². The Labute approximate surface area is 124 Å². The fourth-order valence-electron chi connectivity index (χ4n) is 2.04. The topological polar surface area (TPSA) is 97.6 Å². The maximum Gasteiger partial charge on any atom is 0.269 e. The van der Waals surface area contributed by atoms with Gasteiger partial charge in [-0.3, -0.25) is 10.1 Å². The number of non-ortho nitro benzene ring substituents is 1. The Kier molecular flexibility index (Phi) is 3.34. The number of rotatable bonds is 3. The molecule has 0 unspecified atom stereocenters. The third kappa shape index (κ3) is 2.41. The molecule has 2 aromatic carbocycles. The molecule has 1 heterocycles. The maximum atomic E-state index is 10.6. The van der Waals surface area contributed by atoms with Crippen LogP contribution in [-0.2, 0) is 0 Å². The van der Waals surface area contributed by atoms with Crippen molar-refractivity contribution >= 4 is 28.5 Å². The van der Waals surface area contributed by atoms with Crippen molar-refractivity contribution in [1.29, 1.82) is 5.26 Å². The highest BCUT2D eigenvalue weighted by atomic mass is 16.6. The Balaban J connectivity index is 2.04. The van der Waals surface area contributed by atoms with Gasteiger partial charge in [-0.15, -0.1) is 5.10 Å². The summed E-state index contributed by atoms with van der Waals surface area (Å²) in [6, 6.07) is 15.3. The fraction of sp³-hybridized carbons (Fsp3) is 0. The number of nitro groups is 1. The zero-order chi connectivity index (χ0) is 15.5. The summed E-state index contributed by atoms with van der Waals surface area (Å²) in [6.45, 7) is 0. The quantitative estimate of drug-likeness (QED) is 0.420. The molecule has 7 heteroatoms. The van der Waals surface area contributed by atoms with Gasteiger partial charge in [-0.2, -0.15) is 5.26 Å². The van der Waals surface area contributed by atoms with Crippen LogP contribution in [0.3, 0.4) is 0 Å². The van der Waals surface area contributed by atoms with Gasteiger partial charge in [0.15, 0.2) is 0 Å². The van der Waals surface area contributed by atoms with Gasteiger partial charge in [-0.25, -0.2) is 4.68 Å². The predicted molar refractivity (Wildman–Crippen MR) is 80.4 cm³/mol. The van der Waals surface area contributed by atoms with Gasteiger partial charge in [-0.05, 0) is 35.9 Å². The van der Waals surface area contributed by atoms with Gasteiger partial charge >= 0.3 is 0 Å². The number of fused-ring (bicyclic) bond motifs is 1. The minimum Gasteiger partial charge on any atom is -0.258 e. The zero-order valence-electron chi connectivity index (χ0n) is 11.2. The molecule has 0 fully saturated rings. The van der Waals surface area contributed by atoms with E-state index in [1.807, 2.05) is 18.2 Å². The number of nitriles is 1. The second kappa shape index (κ2) is 5.46. The summed E-state index contributed by atoms with van der Waals surface area (Å²) < 4.78 is 1.44. The van der Waals surface area contributed by atoms with E-state index in [9.17, 15) is 15.4 Å². The molecular formula is C15H9N5O2. The number of benzene rings is 2. The molecule has 106 valence electrons. The van der Waals surface area contributed by atoms with Gasteiger partial charge in [0.1, 0.15) is 17.3 Å². The highest BCUT2D eigenvalue weighted by Gasteiger charge is 2.09. The summed E-state index contributed by atoms with van der Waals surface area (Å²) in [6.07, 6.45) is 1.60. The first-order valence-electron chi connectivity index (χ1n) is 6.36. The summed E-state index contributed by atoms with van der Waals surface area (Å²) in [5.41, 5.74) is 2.36. The van der Waals surface area contributed by atoms with Gasteiger partial charge in [0, 0.05) is 12.1 Å². The van der Waals surface area contributed by atoms with Crippen LogP contribution in [0.25, 0.3) is 22.8 Å². The van der Waals surface area contributed by atoms with Crippen molar-refractivity contribution in [2.45, 2.75) is 0 Å². The molecule has 0 atom stereocenters. The van der Waals surface area contributed by atoms with Gasteiger partial charge in [0.2, 0.25) is 0 Å². The molecule has 0 aliphatic rings. The molecule has 1 aromatic heterocycles. The lowest BCUT2D eigenvalue weighted by Crippen LogP contribution is -1.97. The lowest BCUT2D eigenvalue weighted by Gasteiger charge is -2.00. The molecule has 0 saturated heterocycles. The molecule has 0 amide bonds. The summed E-state index contributed by atoms with van der Waals surface area (Å²) >= 11 is 0. The molecule has 0 saturated carbocycles. The first kappa shape index (κ1) is 13.5. The van der Waals surface area contributed by atoms with Gasteiger partial charge in [0.05, 0.1) is 10.4 Å². The Morgan fingerprint density at radius 3 is 2.64 bits per heavy atom. The molecule has 0 aliphatic carbocycles. The Bertz CT molecular complexity index is 919. The first-order chi connectivity index (χ1) is 10.7. The summed E-state index contributed by atoms with van der Waals surface area (Å²) in [5.74, 6) is 0. The average Bonchev–Trinajstić information content (AvgIpc) is 2.97. The molecule has 0 N–H and O–H groups in total. The fourth-order valence-corrected chi connectivity index (χ4v) is 2.04. The van der Waals surface area contributed by atoms with E-state index in [4.69, 9.17) is 0 Å². The maximum absolute atomic E-state index is 10.6. The standard InChI is InChI=1S/C15H9N5O2/c16-10-13(9-11-5-7-12(8-6-11)20(21)22)19-15-4-2-1-3-14(15)17-18-19/h1-9H/b13-9+. The SMILES string of the molecule is N#C/C(=C\c1ccc([N+](=O)[O-])cc1)n1nnc2ccccc21. The molecule has 0 bridgehead atoms. The van der Waals surface area contributed by atoms with E-state index in [2.05, 4.69) is 16.4 Å². The Hall–Kier alpha value is -3.53. The van der Waals surface area contributed by atoms with Crippen molar-refractivity contribution in [3.63, 3.8) is 0 Å². The molecule has 0 radical (unpaired) electrons. The van der Waals surface area contributed by atoms with E-state index < -0.39 is 4.92 Å². The lowest BCUT2D eigenvalue weighted by molar-refractivity contribution is -0.384. The Morgan fingerprint density at radius 2 is 1.95 bits per heavy atom. The Morgan fingerprint density at radius 1 is 1.23 bits per heavy atom. The lowest BCUT2D eigenvalue weighted by atomic mass is 10.2. The van der Waals surface area contributed by atoms with Crippen molar-refractivity contribution in [2.75, 3.05) is 0 Å². The van der Waals surface area contributed by atoms with E-state index in [-0.39, 0.29) is 11.4 Å². The van der Waals surface area contributed by atoms with Crippen LogP contribution in [0.15, 0.2) is 48.5 Å². The third-order valence-electron chi connectivity index (χ3n) is 3.10. The van der Waals surface area contributed by atoms with E-state index in [1.165, 1.54) is 16.8 Å². The van der Waals surface area contributed by atoms with Crippen molar-refractivity contribution in [3.8, 4) is 6.07 Å². The number of para-hydroxylation sites is 1. The summed E-state index contributed by atoms with van der Waals surface area (Å²) in [4.78, 5) is 10.2. The van der Waals surface area contributed by atoms with E-state index in [1.54, 1.807) is 24.3 Å². The number of allylic oxidation sites excluding steroid dienone is 1. The number of aromatic nitrogens is 3. The summed E-state index contributed by atoms with van der Waals surface area (Å²) in [7, 11) is 0. The molecule has 0 aliphatic heterocycles. The molecule has 3 aromatic rings. The van der Waals surface area contributed by atoms with Crippen LogP contribution in [0.2, 0.25) is 0 Å². The molecular weight excluding hydrogens is 282 g/mol. The predicted octanol–water partition coefficient (Wildman–Crippen LogP) is 2.86. The first-order valence-corrected chi connectivity index (χ1v) is 6.36. The molecule has 3 rings (SSSR count). The summed E-state index contributed by atoms with van der Waals surface area (Å²) in [5, 5.41) is 28.0. The largest absolute Gasteiger partial charge is 0.269 e. The van der Waals surface area contributed by atoms with Crippen LogP contribution in [-0.4, -0.2) is 19.9 Å². The number of nitro benzene ring substituents is 1. The van der Waals surface area contributed by atoms with Crippen molar-refractivity contribution < 1.29 is 4.92 Å². The van der Waals surface area contributed by atoms with Crippen LogP contribution in [0, 0.1) is 21.4 Å². The van der Waals surface area contributed by atoms with Gasteiger partial charge in [0.25, 0.3) is 5.69 Å². The van der Waals surface area contributed by atoms with Crippen LogP contribution in [0.1, 0.15) is 5.56 Å². The van der Waals surface area contributed by atoms with Crippen LogP contribution in [0.5, 0.6) is 0 Å². The number of hydrogen-bond acceptors (Lipinski definition) is 5. The average molecular weight is 291 g/mol. The minimum absolute atomic E-state index is 0.00173. The monoisotopic (exact) mass is 291 g/mol. The van der Waals surface area contributed by atoms with Crippen molar-refractivity contribution in [3.05, 3.63) is 64.2 Å². The second-order valence-electron chi connectivity index (χ2n) is 4.48. The van der Waals surface area contributed by atoms with Crippen LogP contribution >= 0.6 is 0 Å². The van der Waals surface area contributed by atoms with Gasteiger partial charge in [-0.1, -0.05) is 17.3 Å². The van der Waals surface area contributed by atoms with E-state index in [0.717, 1.165) is 5.52 Å². The number of hydrogen-bond donors (Lipinski definition) is 0. The second-order valence-corrected chi connectivity index (χ2v) is 4.48. The smallest absolute Gasteiger partial charge is 0.258 e. The highest BCUT2D eigenvalue weighted by Crippen LogP contribution is 2.18. The van der Waals surface area contributed by atoms with E-state index >= 15 is 0 Å². The highest BCUT2D eigenvalue weighted by molar-refractivity contribution is 5.86. The third-order valence-corrected chi connectivity index (χ3v) is 3.10. The van der Waals surface area contributed by atoms with Gasteiger partial charge < -0.3 is 0 Å². The number of nitrogens with zero attached hydrogens (tertiary/aromatic N) is 5.